The molecule has 0 N–H and O–H groups in total. The van der Waals surface area contributed by atoms with Gasteiger partial charge in [0.15, 0.2) is 17.9 Å². The molecule has 0 bridgehead atoms. The molecule has 15 heavy (non-hydrogen) atoms. The highest BCUT2D eigenvalue weighted by atomic mass is 19.1. The zero-order valence-electron chi connectivity index (χ0n) is 8.91. The lowest BCUT2D eigenvalue weighted by atomic mass is 10.2. The SMILES string of the molecule is COc1cc(F)c(OC(C)C)c(C=O)c1. The Morgan fingerprint density at radius 1 is 1.40 bits per heavy atom. The van der Waals surface area contributed by atoms with Crippen LogP contribution in [0, 0.1) is 5.82 Å². The van der Waals surface area contributed by atoms with Gasteiger partial charge < -0.3 is 9.47 Å². The minimum Gasteiger partial charge on any atom is -0.497 e. The Hall–Kier alpha value is -1.58. The average Bonchev–Trinajstić information content (AvgIpc) is 2.20. The number of methoxy groups -OCH3 is 1. The Kier molecular flexibility index (Phi) is 3.66. The average molecular weight is 212 g/mol. The van der Waals surface area contributed by atoms with E-state index in [0.29, 0.717) is 12.0 Å². The van der Waals surface area contributed by atoms with E-state index in [2.05, 4.69) is 0 Å². The van der Waals surface area contributed by atoms with Gasteiger partial charge in [0.25, 0.3) is 0 Å². The number of hydrogen-bond acceptors (Lipinski definition) is 3. The van der Waals surface area contributed by atoms with Crippen LogP contribution in [0.25, 0.3) is 0 Å². The normalized spacial score (nSPS) is 10.2. The van der Waals surface area contributed by atoms with Gasteiger partial charge in [-0.2, -0.15) is 0 Å². The smallest absolute Gasteiger partial charge is 0.169 e. The lowest BCUT2D eigenvalue weighted by Gasteiger charge is -2.13. The number of rotatable bonds is 4. The van der Waals surface area contributed by atoms with Crippen LogP contribution in [0.15, 0.2) is 12.1 Å². The van der Waals surface area contributed by atoms with Crippen molar-refractivity contribution in [2.45, 2.75) is 20.0 Å². The van der Waals surface area contributed by atoms with Crippen LogP contribution in [0.5, 0.6) is 11.5 Å². The molecule has 0 heterocycles. The summed E-state index contributed by atoms with van der Waals surface area (Å²) >= 11 is 0. The van der Waals surface area contributed by atoms with Crippen molar-refractivity contribution in [1.82, 2.24) is 0 Å². The summed E-state index contributed by atoms with van der Waals surface area (Å²) < 4.78 is 23.5. The van der Waals surface area contributed by atoms with Crippen LogP contribution in [-0.2, 0) is 0 Å². The molecule has 0 aliphatic rings. The van der Waals surface area contributed by atoms with Gasteiger partial charge in [-0.25, -0.2) is 4.39 Å². The second kappa shape index (κ2) is 4.77. The summed E-state index contributed by atoms with van der Waals surface area (Å²) in [5, 5.41) is 0. The van der Waals surface area contributed by atoms with E-state index in [1.165, 1.54) is 19.2 Å². The van der Waals surface area contributed by atoms with Crippen molar-refractivity contribution < 1.29 is 18.7 Å². The lowest BCUT2D eigenvalue weighted by Crippen LogP contribution is -2.09. The van der Waals surface area contributed by atoms with Crippen molar-refractivity contribution in [2.24, 2.45) is 0 Å². The van der Waals surface area contributed by atoms with E-state index in [9.17, 15) is 9.18 Å². The van der Waals surface area contributed by atoms with E-state index < -0.39 is 5.82 Å². The fourth-order valence-corrected chi connectivity index (χ4v) is 1.15. The molecule has 1 rings (SSSR count). The number of aldehydes is 1. The third-order valence-corrected chi connectivity index (χ3v) is 1.76. The molecule has 1 aromatic carbocycles. The molecule has 0 amide bonds. The van der Waals surface area contributed by atoms with Gasteiger partial charge in [-0.15, -0.1) is 0 Å². The van der Waals surface area contributed by atoms with Crippen molar-refractivity contribution in [3.8, 4) is 11.5 Å². The zero-order valence-corrected chi connectivity index (χ0v) is 8.91. The van der Waals surface area contributed by atoms with Gasteiger partial charge in [0.05, 0.1) is 18.8 Å². The maximum absolute atomic E-state index is 13.5. The van der Waals surface area contributed by atoms with E-state index >= 15 is 0 Å². The van der Waals surface area contributed by atoms with Crippen molar-refractivity contribution in [2.75, 3.05) is 7.11 Å². The van der Waals surface area contributed by atoms with Crippen molar-refractivity contribution >= 4 is 6.29 Å². The van der Waals surface area contributed by atoms with Gasteiger partial charge in [-0.3, -0.25) is 4.79 Å². The first kappa shape index (κ1) is 11.5. The molecule has 0 radical (unpaired) electrons. The quantitative estimate of drug-likeness (QED) is 0.719. The van der Waals surface area contributed by atoms with E-state index in [-0.39, 0.29) is 17.4 Å². The molecule has 3 nitrogen and oxygen atoms in total. The Balaban J connectivity index is 3.18. The first-order chi connectivity index (χ1) is 7.08. The predicted molar refractivity (Wildman–Crippen MR) is 54.1 cm³/mol. The first-order valence-electron chi connectivity index (χ1n) is 4.57. The second-order valence-corrected chi connectivity index (χ2v) is 3.31. The molecule has 4 heteroatoms. The van der Waals surface area contributed by atoms with Crippen LogP contribution >= 0.6 is 0 Å². The Morgan fingerprint density at radius 3 is 2.53 bits per heavy atom. The van der Waals surface area contributed by atoms with Gasteiger partial charge in [0.1, 0.15) is 5.75 Å². The number of halogens is 1. The number of carbonyl (C=O) groups is 1. The summed E-state index contributed by atoms with van der Waals surface area (Å²) in [5.41, 5.74) is 0.153. The molecule has 82 valence electrons. The first-order valence-corrected chi connectivity index (χ1v) is 4.57. The molecule has 0 saturated heterocycles. The molecule has 0 unspecified atom stereocenters. The summed E-state index contributed by atoms with van der Waals surface area (Å²) in [7, 11) is 1.41. The number of hydrogen-bond donors (Lipinski definition) is 0. The van der Waals surface area contributed by atoms with E-state index in [0.717, 1.165) is 0 Å². The van der Waals surface area contributed by atoms with Gasteiger partial charge >= 0.3 is 0 Å². The molecule has 0 aromatic heterocycles. The second-order valence-electron chi connectivity index (χ2n) is 3.31. The third kappa shape index (κ3) is 2.68. The fourth-order valence-electron chi connectivity index (χ4n) is 1.15. The van der Waals surface area contributed by atoms with E-state index in [4.69, 9.17) is 9.47 Å². The molecular weight excluding hydrogens is 199 g/mol. The van der Waals surface area contributed by atoms with Crippen LogP contribution in [0.2, 0.25) is 0 Å². The summed E-state index contributed by atoms with van der Waals surface area (Å²) in [5.74, 6) is -0.323. The summed E-state index contributed by atoms with van der Waals surface area (Å²) in [6.07, 6.45) is 0.357. The standard InChI is InChI=1S/C11H13FO3/c1-7(2)15-11-8(6-13)4-9(14-3)5-10(11)12/h4-7H,1-3H3. The highest BCUT2D eigenvalue weighted by molar-refractivity contribution is 5.80. The van der Waals surface area contributed by atoms with Crippen LogP contribution < -0.4 is 9.47 Å². The van der Waals surface area contributed by atoms with Crippen molar-refractivity contribution in [3.05, 3.63) is 23.5 Å². The van der Waals surface area contributed by atoms with Crippen molar-refractivity contribution in [1.29, 1.82) is 0 Å². The van der Waals surface area contributed by atoms with Crippen LogP contribution in [-0.4, -0.2) is 19.5 Å². The van der Waals surface area contributed by atoms with E-state index in [1.807, 2.05) is 0 Å². The molecule has 0 atom stereocenters. The highest BCUT2D eigenvalue weighted by Crippen LogP contribution is 2.27. The molecule has 0 aliphatic heterocycles. The molecule has 0 aliphatic carbocycles. The summed E-state index contributed by atoms with van der Waals surface area (Å²) in [6, 6.07) is 2.62. The number of ether oxygens (including phenoxy) is 2. The molecule has 1 aromatic rings. The van der Waals surface area contributed by atoms with Crippen LogP contribution in [0.1, 0.15) is 24.2 Å². The molecule has 0 fully saturated rings. The molecule has 0 saturated carbocycles. The minimum atomic E-state index is -0.592. The van der Waals surface area contributed by atoms with Crippen LogP contribution in [0.3, 0.4) is 0 Å². The van der Waals surface area contributed by atoms with Crippen molar-refractivity contribution in [3.63, 3.8) is 0 Å². The maximum atomic E-state index is 13.5. The summed E-state index contributed by atoms with van der Waals surface area (Å²) in [4.78, 5) is 10.7. The van der Waals surface area contributed by atoms with Gasteiger partial charge in [0, 0.05) is 6.07 Å². The molecule has 0 spiro atoms. The summed E-state index contributed by atoms with van der Waals surface area (Å²) in [6.45, 7) is 3.52. The topological polar surface area (TPSA) is 35.5 Å². The zero-order chi connectivity index (χ0) is 11.4. The van der Waals surface area contributed by atoms with Gasteiger partial charge in [0.2, 0.25) is 0 Å². The van der Waals surface area contributed by atoms with Gasteiger partial charge in [-0.05, 0) is 19.9 Å². The number of benzene rings is 1. The monoisotopic (exact) mass is 212 g/mol. The number of carbonyl (C=O) groups excluding carboxylic acids is 1. The molecular formula is C11H13FO3. The lowest BCUT2D eigenvalue weighted by molar-refractivity contribution is 0.111. The van der Waals surface area contributed by atoms with E-state index in [1.54, 1.807) is 13.8 Å². The largest absolute Gasteiger partial charge is 0.497 e. The Bertz CT molecular complexity index is 361. The Labute approximate surface area is 87.8 Å². The minimum absolute atomic E-state index is 0.0270. The Morgan fingerprint density at radius 2 is 2.07 bits per heavy atom. The van der Waals surface area contributed by atoms with Gasteiger partial charge in [-0.1, -0.05) is 0 Å². The predicted octanol–water partition coefficient (Wildman–Crippen LogP) is 2.43. The highest BCUT2D eigenvalue weighted by Gasteiger charge is 2.13. The third-order valence-electron chi connectivity index (χ3n) is 1.76. The maximum Gasteiger partial charge on any atom is 0.169 e. The fraction of sp³-hybridized carbons (Fsp3) is 0.364. The van der Waals surface area contributed by atoms with Crippen LogP contribution in [0.4, 0.5) is 4.39 Å².